The molecule has 1 N–H and O–H groups in total. The van der Waals surface area contributed by atoms with E-state index in [9.17, 15) is 9.59 Å². The summed E-state index contributed by atoms with van der Waals surface area (Å²) in [5.41, 5.74) is 0.910. The van der Waals surface area contributed by atoms with E-state index in [0.29, 0.717) is 42.8 Å². The Balaban J connectivity index is 1.23. The minimum Gasteiger partial charge on any atom is -0.370 e. The first-order valence-electron chi connectivity index (χ1n) is 8.99. The number of piperidine rings is 1. The Morgan fingerprint density at radius 2 is 1.93 bits per heavy atom. The van der Waals surface area contributed by atoms with Crippen LogP contribution in [0.5, 0.6) is 0 Å². The number of hydrogen-bond donors (Lipinski definition) is 1. The Hall–Kier alpha value is -1.54. The number of nitrogens with zero attached hydrogens (tertiary/aromatic N) is 2. The van der Waals surface area contributed by atoms with Crippen LogP contribution in [0.1, 0.15) is 12.0 Å². The summed E-state index contributed by atoms with van der Waals surface area (Å²) in [6.45, 7) is 2.75. The van der Waals surface area contributed by atoms with Crippen LogP contribution in [-0.4, -0.2) is 72.8 Å². The summed E-state index contributed by atoms with van der Waals surface area (Å²) in [5, 5.41) is 4.07. The molecule has 3 heterocycles. The van der Waals surface area contributed by atoms with Gasteiger partial charge in [-0.1, -0.05) is 23.2 Å². The third-order valence-electron chi connectivity index (χ3n) is 5.12. The summed E-state index contributed by atoms with van der Waals surface area (Å²) in [6, 6.07) is 5.18. The minimum absolute atomic E-state index is 0.00182. The Labute approximate surface area is 167 Å². The summed E-state index contributed by atoms with van der Waals surface area (Å²) in [7, 11) is 0. The number of ether oxygens (including phenoxy) is 2. The van der Waals surface area contributed by atoms with Crippen molar-refractivity contribution in [1.29, 1.82) is 0 Å². The highest BCUT2D eigenvalue weighted by Crippen LogP contribution is 2.23. The van der Waals surface area contributed by atoms with Crippen molar-refractivity contribution >= 4 is 35.1 Å². The predicted octanol–water partition coefficient (Wildman–Crippen LogP) is 1.90. The molecule has 0 radical (unpaired) electrons. The summed E-state index contributed by atoms with van der Waals surface area (Å²) < 4.78 is 11.4. The van der Waals surface area contributed by atoms with Gasteiger partial charge in [-0.3, -0.25) is 4.79 Å². The van der Waals surface area contributed by atoms with Crippen LogP contribution in [0.3, 0.4) is 0 Å². The predicted molar refractivity (Wildman–Crippen MR) is 99.9 cm³/mol. The molecular formula is C18H21Cl2N3O4. The molecule has 3 amide bonds. The second-order valence-electron chi connectivity index (χ2n) is 7.16. The molecule has 0 aromatic heterocycles. The minimum atomic E-state index is -0.121. The van der Waals surface area contributed by atoms with Gasteiger partial charge in [0.2, 0.25) is 5.91 Å². The molecule has 0 saturated carbocycles. The van der Waals surface area contributed by atoms with Gasteiger partial charge in [0.25, 0.3) is 0 Å². The van der Waals surface area contributed by atoms with Crippen LogP contribution in [0.15, 0.2) is 18.2 Å². The van der Waals surface area contributed by atoms with Crippen LogP contribution in [0.2, 0.25) is 10.0 Å². The van der Waals surface area contributed by atoms with Gasteiger partial charge in [0, 0.05) is 23.1 Å². The number of likely N-dealkylation sites (tertiary alicyclic amines) is 2. The number of carbonyl (C=O) groups excluding carboxylic acids is 2. The van der Waals surface area contributed by atoms with E-state index >= 15 is 0 Å². The van der Waals surface area contributed by atoms with Gasteiger partial charge in [0.1, 0.15) is 6.61 Å². The summed E-state index contributed by atoms with van der Waals surface area (Å²) >= 11 is 12.0. The number of fused-ring (bicyclic) bond motifs is 1. The van der Waals surface area contributed by atoms with Crippen molar-refractivity contribution in [2.24, 2.45) is 0 Å². The molecule has 1 aromatic rings. The summed E-state index contributed by atoms with van der Waals surface area (Å²) in [5.74, 6) is -0.121. The number of amides is 3. The molecule has 0 aliphatic carbocycles. The number of halogens is 2. The number of rotatable bonds is 3. The number of nitrogens with one attached hydrogen (secondary N) is 1. The highest BCUT2D eigenvalue weighted by Gasteiger charge is 2.40. The van der Waals surface area contributed by atoms with Gasteiger partial charge in [0.15, 0.2) is 0 Å². The van der Waals surface area contributed by atoms with E-state index in [1.54, 1.807) is 15.9 Å². The number of carbonyl (C=O) groups is 2. The fourth-order valence-electron chi connectivity index (χ4n) is 3.68. The van der Waals surface area contributed by atoms with Gasteiger partial charge in [-0.15, -0.1) is 0 Å². The van der Waals surface area contributed by atoms with E-state index < -0.39 is 0 Å². The van der Waals surface area contributed by atoms with Crippen molar-refractivity contribution in [2.75, 3.05) is 32.8 Å². The Bertz CT molecular complexity index is 721. The molecule has 9 heteroatoms. The van der Waals surface area contributed by atoms with E-state index in [1.807, 2.05) is 12.1 Å². The quantitative estimate of drug-likeness (QED) is 0.821. The molecule has 0 unspecified atom stereocenters. The fraction of sp³-hybridized carbons (Fsp3) is 0.556. The molecule has 4 rings (SSSR count). The lowest BCUT2D eigenvalue weighted by Gasteiger charge is -2.45. The monoisotopic (exact) mass is 413 g/mol. The Morgan fingerprint density at radius 1 is 1.19 bits per heavy atom. The smallest absolute Gasteiger partial charge is 0.320 e. The first-order chi connectivity index (χ1) is 13.0. The van der Waals surface area contributed by atoms with Crippen LogP contribution in [0.4, 0.5) is 4.79 Å². The maximum absolute atomic E-state index is 12.7. The van der Waals surface area contributed by atoms with Crippen molar-refractivity contribution in [3.63, 3.8) is 0 Å². The van der Waals surface area contributed by atoms with E-state index in [2.05, 4.69) is 5.32 Å². The normalized spacial score (nSPS) is 25.6. The zero-order valence-electron chi connectivity index (χ0n) is 14.7. The zero-order valence-corrected chi connectivity index (χ0v) is 16.2. The van der Waals surface area contributed by atoms with Crippen LogP contribution in [-0.2, 0) is 20.9 Å². The molecule has 0 bridgehead atoms. The molecule has 27 heavy (non-hydrogen) atoms. The molecule has 3 saturated heterocycles. The molecule has 1 aromatic carbocycles. The average Bonchev–Trinajstić information content (AvgIpc) is 2.58. The Kier molecular flexibility index (Phi) is 5.45. The van der Waals surface area contributed by atoms with E-state index in [-0.39, 0.29) is 36.8 Å². The topological polar surface area (TPSA) is 71.1 Å². The van der Waals surface area contributed by atoms with E-state index in [0.717, 1.165) is 12.0 Å². The number of urea groups is 1. The molecule has 3 fully saturated rings. The average molecular weight is 414 g/mol. The molecule has 3 aliphatic rings. The first kappa shape index (κ1) is 18.8. The number of morpholine rings is 1. The number of hydrogen-bond acceptors (Lipinski definition) is 4. The SMILES string of the molecule is O=C1CO[C@H]2CCN(C(=O)N3CC(OCc4cc(Cl)cc(Cl)c4)C3)C[C@H]2N1. The van der Waals surface area contributed by atoms with Gasteiger partial charge >= 0.3 is 6.03 Å². The van der Waals surface area contributed by atoms with Crippen LogP contribution >= 0.6 is 23.2 Å². The standard InChI is InChI=1S/C18H21Cl2N3O4/c19-12-3-11(4-13(20)5-12)9-26-14-6-23(7-14)18(25)22-2-1-16-15(8-22)21-17(24)10-27-16/h3-5,14-16H,1-2,6-10H2,(H,21,24)/t15-,16+/m1/s1. The van der Waals surface area contributed by atoms with Crippen LogP contribution < -0.4 is 5.32 Å². The third kappa shape index (κ3) is 4.32. The molecule has 2 atom stereocenters. The van der Waals surface area contributed by atoms with E-state index in [4.69, 9.17) is 32.7 Å². The summed E-state index contributed by atoms with van der Waals surface area (Å²) in [4.78, 5) is 27.7. The van der Waals surface area contributed by atoms with Crippen LogP contribution in [0.25, 0.3) is 0 Å². The highest BCUT2D eigenvalue weighted by atomic mass is 35.5. The van der Waals surface area contributed by atoms with Gasteiger partial charge in [-0.05, 0) is 30.2 Å². The molecular weight excluding hydrogens is 393 g/mol. The maximum atomic E-state index is 12.7. The van der Waals surface area contributed by atoms with Crippen molar-refractivity contribution in [3.8, 4) is 0 Å². The lowest BCUT2D eigenvalue weighted by Crippen LogP contribution is -2.65. The zero-order chi connectivity index (χ0) is 19.0. The second-order valence-corrected chi connectivity index (χ2v) is 8.03. The number of benzene rings is 1. The highest BCUT2D eigenvalue weighted by molar-refractivity contribution is 6.34. The lowest BCUT2D eigenvalue weighted by molar-refractivity contribution is -0.140. The largest absolute Gasteiger partial charge is 0.370 e. The van der Waals surface area contributed by atoms with Crippen molar-refractivity contribution in [2.45, 2.75) is 31.3 Å². The first-order valence-corrected chi connectivity index (χ1v) is 9.75. The second kappa shape index (κ2) is 7.83. The van der Waals surface area contributed by atoms with Crippen LogP contribution in [0, 0.1) is 0 Å². The summed E-state index contributed by atoms with van der Waals surface area (Å²) in [6.07, 6.45) is 0.741. The van der Waals surface area contributed by atoms with Gasteiger partial charge in [-0.25, -0.2) is 4.79 Å². The molecule has 146 valence electrons. The van der Waals surface area contributed by atoms with Gasteiger partial charge < -0.3 is 24.6 Å². The Morgan fingerprint density at radius 3 is 2.67 bits per heavy atom. The molecule has 7 nitrogen and oxygen atoms in total. The fourth-order valence-corrected chi connectivity index (χ4v) is 4.25. The van der Waals surface area contributed by atoms with Gasteiger partial charge in [-0.2, -0.15) is 0 Å². The molecule has 3 aliphatic heterocycles. The molecule has 0 spiro atoms. The maximum Gasteiger partial charge on any atom is 0.320 e. The van der Waals surface area contributed by atoms with Crippen molar-refractivity contribution < 1.29 is 19.1 Å². The van der Waals surface area contributed by atoms with E-state index in [1.165, 1.54) is 0 Å². The lowest BCUT2D eigenvalue weighted by atomic mass is 10.0. The van der Waals surface area contributed by atoms with Crippen molar-refractivity contribution in [3.05, 3.63) is 33.8 Å². The van der Waals surface area contributed by atoms with Crippen molar-refractivity contribution in [1.82, 2.24) is 15.1 Å². The third-order valence-corrected chi connectivity index (χ3v) is 5.56. The van der Waals surface area contributed by atoms with Gasteiger partial charge in [0.05, 0.1) is 37.9 Å².